The Kier molecular flexibility index (Phi) is 5.72. The number of hydroxylamine groups is 1. The second-order valence-electron chi connectivity index (χ2n) is 5.73. The molecule has 116 valence electrons. The van der Waals surface area contributed by atoms with Crippen LogP contribution in [0, 0.1) is 0 Å². The van der Waals surface area contributed by atoms with Gasteiger partial charge in [0.15, 0.2) is 0 Å². The number of benzene rings is 1. The van der Waals surface area contributed by atoms with Gasteiger partial charge < -0.3 is 4.74 Å². The van der Waals surface area contributed by atoms with Gasteiger partial charge in [0.1, 0.15) is 12.1 Å². The van der Waals surface area contributed by atoms with Gasteiger partial charge in [0.25, 0.3) is 5.91 Å². The van der Waals surface area contributed by atoms with E-state index in [0.29, 0.717) is 0 Å². The van der Waals surface area contributed by atoms with Crippen LogP contribution in [0.1, 0.15) is 39.3 Å². The van der Waals surface area contributed by atoms with Gasteiger partial charge in [-0.05, 0) is 33.3 Å². The normalized spacial score (nSPS) is 12.4. The van der Waals surface area contributed by atoms with Gasteiger partial charge >= 0.3 is 6.09 Å². The van der Waals surface area contributed by atoms with E-state index in [2.05, 4.69) is 0 Å². The molecule has 0 bridgehead atoms. The molecule has 0 radical (unpaired) electrons. The van der Waals surface area contributed by atoms with Gasteiger partial charge in [0.05, 0.1) is 6.04 Å². The number of hydrogen-bond donors (Lipinski definition) is 2. The minimum absolute atomic E-state index is 0.290. The van der Waals surface area contributed by atoms with Crippen molar-refractivity contribution in [3.8, 4) is 0 Å². The third kappa shape index (κ3) is 5.43. The Labute approximate surface area is 124 Å². The van der Waals surface area contributed by atoms with E-state index in [1.807, 2.05) is 30.3 Å². The number of carbonyl (C=O) groups is 2. The van der Waals surface area contributed by atoms with Gasteiger partial charge in [-0.1, -0.05) is 30.3 Å². The Hall–Kier alpha value is -2.08. The Bertz CT molecular complexity index is 482. The van der Waals surface area contributed by atoms with Crippen molar-refractivity contribution in [3.63, 3.8) is 0 Å². The predicted octanol–water partition coefficient (Wildman–Crippen LogP) is 2.49. The van der Waals surface area contributed by atoms with Crippen LogP contribution in [-0.2, 0) is 9.53 Å². The molecular formula is C15H22N2O4. The molecule has 6 heteroatoms. The Balaban J connectivity index is 2.96. The van der Waals surface area contributed by atoms with Crippen LogP contribution in [0.5, 0.6) is 0 Å². The second kappa shape index (κ2) is 7.08. The minimum Gasteiger partial charge on any atom is -0.444 e. The third-order valence-electron chi connectivity index (χ3n) is 2.82. The van der Waals surface area contributed by atoms with Gasteiger partial charge in [-0.3, -0.25) is 14.9 Å². The first-order chi connectivity index (χ1) is 9.74. The summed E-state index contributed by atoms with van der Waals surface area (Å²) in [6.45, 7) is 6.76. The number of nitrogens with zero attached hydrogens (tertiary/aromatic N) is 1. The molecule has 1 aromatic rings. The Morgan fingerprint density at radius 1 is 1.29 bits per heavy atom. The topological polar surface area (TPSA) is 78.9 Å². The number of carbonyl (C=O) groups excluding carboxylic acids is 2. The lowest BCUT2D eigenvalue weighted by Crippen LogP contribution is -2.43. The first-order valence-electron chi connectivity index (χ1n) is 6.72. The van der Waals surface area contributed by atoms with Crippen molar-refractivity contribution in [2.45, 2.75) is 39.3 Å². The SMILES string of the molecule is CC(c1ccccc1)N(CC(=O)NO)C(=O)OC(C)(C)C. The van der Waals surface area contributed by atoms with Crippen LogP contribution in [0.3, 0.4) is 0 Å². The van der Waals surface area contributed by atoms with Gasteiger partial charge in [-0.25, -0.2) is 10.3 Å². The van der Waals surface area contributed by atoms with E-state index in [1.54, 1.807) is 27.7 Å². The molecule has 0 spiro atoms. The molecule has 1 unspecified atom stereocenters. The van der Waals surface area contributed by atoms with Crippen LogP contribution in [-0.4, -0.2) is 34.3 Å². The lowest BCUT2D eigenvalue weighted by molar-refractivity contribution is -0.130. The Morgan fingerprint density at radius 3 is 2.33 bits per heavy atom. The van der Waals surface area contributed by atoms with Crippen molar-refractivity contribution in [2.24, 2.45) is 0 Å². The number of nitrogens with one attached hydrogen (secondary N) is 1. The Morgan fingerprint density at radius 2 is 1.86 bits per heavy atom. The molecule has 21 heavy (non-hydrogen) atoms. The zero-order valence-corrected chi connectivity index (χ0v) is 12.8. The van der Waals surface area contributed by atoms with Crippen molar-refractivity contribution in [1.82, 2.24) is 10.4 Å². The van der Waals surface area contributed by atoms with E-state index in [-0.39, 0.29) is 12.6 Å². The number of rotatable bonds is 4. The molecule has 0 aliphatic carbocycles. The van der Waals surface area contributed by atoms with Crippen LogP contribution in [0.4, 0.5) is 4.79 Å². The summed E-state index contributed by atoms with van der Waals surface area (Å²) >= 11 is 0. The molecule has 0 saturated carbocycles. The average molecular weight is 294 g/mol. The molecule has 0 aromatic heterocycles. The van der Waals surface area contributed by atoms with Crippen LogP contribution < -0.4 is 5.48 Å². The van der Waals surface area contributed by atoms with E-state index in [9.17, 15) is 9.59 Å². The summed E-state index contributed by atoms with van der Waals surface area (Å²) in [6, 6.07) is 8.93. The largest absolute Gasteiger partial charge is 0.444 e. The van der Waals surface area contributed by atoms with E-state index in [1.165, 1.54) is 10.4 Å². The van der Waals surface area contributed by atoms with Crippen molar-refractivity contribution in [3.05, 3.63) is 35.9 Å². The fourth-order valence-electron chi connectivity index (χ4n) is 1.78. The standard InChI is InChI=1S/C15H22N2O4/c1-11(12-8-6-5-7-9-12)17(10-13(18)16-20)14(19)21-15(2,3)4/h5-9,11,20H,10H2,1-4H3,(H,16,18). The first-order valence-corrected chi connectivity index (χ1v) is 6.72. The molecule has 1 rings (SSSR count). The highest BCUT2D eigenvalue weighted by molar-refractivity contribution is 5.81. The molecule has 1 atom stereocenters. The molecule has 0 fully saturated rings. The maximum Gasteiger partial charge on any atom is 0.411 e. The summed E-state index contributed by atoms with van der Waals surface area (Å²) in [7, 11) is 0. The van der Waals surface area contributed by atoms with Gasteiger partial charge in [-0.15, -0.1) is 0 Å². The molecule has 0 aliphatic rings. The number of ether oxygens (including phenoxy) is 1. The van der Waals surface area contributed by atoms with Gasteiger partial charge in [0, 0.05) is 0 Å². The van der Waals surface area contributed by atoms with Crippen LogP contribution in [0.15, 0.2) is 30.3 Å². The highest BCUT2D eigenvalue weighted by Gasteiger charge is 2.28. The summed E-state index contributed by atoms with van der Waals surface area (Å²) in [6.07, 6.45) is -0.609. The molecular weight excluding hydrogens is 272 g/mol. The van der Waals surface area contributed by atoms with Crippen molar-refractivity contribution < 1.29 is 19.5 Å². The highest BCUT2D eigenvalue weighted by Crippen LogP contribution is 2.22. The van der Waals surface area contributed by atoms with Crippen molar-refractivity contribution >= 4 is 12.0 Å². The molecule has 2 amide bonds. The smallest absolute Gasteiger partial charge is 0.411 e. The lowest BCUT2D eigenvalue weighted by Gasteiger charge is -2.31. The predicted molar refractivity (Wildman–Crippen MR) is 77.7 cm³/mol. The monoisotopic (exact) mass is 294 g/mol. The summed E-state index contributed by atoms with van der Waals surface area (Å²) in [4.78, 5) is 25.0. The fourth-order valence-corrected chi connectivity index (χ4v) is 1.78. The van der Waals surface area contributed by atoms with E-state index >= 15 is 0 Å². The highest BCUT2D eigenvalue weighted by atomic mass is 16.6. The zero-order valence-electron chi connectivity index (χ0n) is 12.8. The van der Waals surface area contributed by atoms with Crippen molar-refractivity contribution in [2.75, 3.05) is 6.54 Å². The second-order valence-corrected chi connectivity index (χ2v) is 5.73. The van der Waals surface area contributed by atoms with Crippen molar-refractivity contribution in [1.29, 1.82) is 0 Å². The molecule has 1 aromatic carbocycles. The summed E-state index contributed by atoms with van der Waals surface area (Å²) < 4.78 is 5.31. The maximum atomic E-state index is 12.3. The zero-order chi connectivity index (χ0) is 16.0. The summed E-state index contributed by atoms with van der Waals surface area (Å²) in [5, 5.41) is 8.67. The molecule has 0 aliphatic heterocycles. The van der Waals surface area contributed by atoms with E-state index < -0.39 is 17.6 Å². The van der Waals surface area contributed by atoms with Crippen LogP contribution in [0.2, 0.25) is 0 Å². The number of amides is 2. The summed E-state index contributed by atoms with van der Waals surface area (Å²) in [5.41, 5.74) is 1.74. The quantitative estimate of drug-likeness (QED) is 0.660. The summed E-state index contributed by atoms with van der Waals surface area (Å²) in [5.74, 6) is -0.677. The maximum absolute atomic E-state index is 12.3. The van der Waals surface area contributed by atoms with E-state index in [4.69, 9.17) is 9.94 Å². The van der Waals surface area contributed by atoms with Gasteiger partial charge in [-0.2, -0.15) is 0 Å². The number of hydrogen-bond acceptors (Lipinski definition) is 4. The molecule has 0 saturated heterocycles. The first kappa shape index (κ1) is 17.0. The van der Waals surface area contributed by atoms with Crippen LogP contribution in [0.25, 0.3) is 0 Å². The van der Waals surface area contributed by atoms with Crippen LogP contribution >= 0.6 is 0 Å². The lowest BCUT2D eigenvalue weighted by atomic mass is 10.1. The van der Waals surface area contributed by atoms with Gasteiger partial charge in [0.2, 0.25) is 0 Å². The average Bonchev–Trinajstić information content (AvgIpc) is 2.42. The van der Waals surface area contributed by atoms with E-state index in [0.717, 1.165) is 5.56 Å². The minimum atomic E-state index is -0.677. The third-order valence-corrected chi connectivity index (χ3v) is 2.82. The molecule has 2 N–H and O–H groups in total. The molecule has 0 heterocycles. The fraction of sp³-hybridized carbons (Fsp3) is 0.467. The molecule has 6 nitrogen and oxygen atoms in total.